The van der Waals surface area contributed by atoms with Crippen molar-refractivity contribution < 1.29 is 0 Å². The molecule has 0 aliphatic carbocycles. The summed E-state index contributed by atoms with van der Waals surface area (Å²) in [6, 6.07) is 8.01. The van der Waals surface area contributed by atoms with E-state index in [1.165, 1.54) is 5.56 Å². The van der Waals surface area contributed by atoms with Gasteiger partial charge >= 0.3 is 0 Å². The Morgan fingerprint density at radius 1 is 1.33 bits per heavy atom. The fraction of sp³-hybridized carbons (Fsp3) is 0.111. The van der Waals surface area contributed by atoms with Crippen LogP contribution in [-0.4, -0.2) is 15.0 Å². The van der Waals surface area contributed by atoms with E-state index in [-0.39, 0.29) is 0 Å². The molecule has 0 saturated carbocycles. The summed E-state index contributed by atoms with van der Waals surface area (Å²) in [5.74, 6) is 0. The maximum Gasteiger partial charge on any atom is 0.135 e. The monoisotopic (exact) mass is 158 g/mol. The van der Waals surface area contributed by atoms with Gasteiger partial charge in [0, 0.05) is 0 Å². The molecule has 3 nitrogen and oxygen atoms in total. The largest absolute Gasteiger partial charge is 0.220 e. The molecule has 0 spiro atoms. The Kier molecular flexibility index (Phi) is 1.63. The molecule has 59 valence electrons. The molecule has 0 atom stereocenters. The lowest BCUT2D eigenvalue weighted by atomic mass is 10.2. The van der Waals surface area contributed by atoms with Gasteiger partial charge in [0.05, 0.1) is 11.9 Å². The van der Waals surface area contributed by atoms with E-state index in [1.54, 1.807) is 10.9 Å². The van der Waals surface area contributed by atoms with E-state index >= 15 is 0 Å². The molecule has 0 saturated heterocycles. The van der Waals surface area contributed by atoms with Crippen LogP contribution in [0.4, 0.5) is 0 Å². The first-order valence-electron chi connectivity index (χ1n) is 3.72. The molecule has 0 amide bonds. The standard InChI is InChI=1S/C9H8N3/c1-8-4-2-3-5-9(8)12-7-6-10-11-12/h2-5,7H,1H3. The predicted octanol–water partition coefficient (Wildman–Crippen LogP) is 1.38. The molecule has 0 bridgehead atoms. The van der Waals surface area contributed by atoms with Crippen LogP contribution in [0.5, 0.6) is 0 Å². The Morgan fingerprint density at radius 2 is 2.17 bits per heavy atom. The van der Waals surface area contributed by atoms with Crippen LogP contribution in [0, 0.1) is 13.1 Å². The predicted molar refractivity (Wildman–Crippen MR) is 44.9 cm³/mol. The minimum absolute atomic E-state index is 1.05. The summed E-state index contributed by atoms with van der Waals surface area (Å²) in [4.78, 5) is 0. The molecule has 0 N–H and O–H groups in total. The van der Waals surface area contributed by atoms with Gasteiger partial charge in [0.2, 0.25) is 0 Å². The summed E-state index contributed by atoms with van der Waals surface area (Å²) in [5, 5.41) is 7.49. The van der Waals surface area contributed by atoms with Gasteiger partial charge in [0.15, 0.2) is 0 Å². The van der Waals surface area contributed by atoms with Crippen molar-refractivity contribution in [1.29, 1.82) is 0 Å². The molecular weight excluding hydrogens is 150 g/mol. The second-order valence-electron chi connectivity index (χ2n) is 2.58. The Hall–Kier alpha value is -1.64. The normalized spacial score (nSPS) is 10.1. The Bertz CT molecular complexity index is 365. The van der Waals surface area contributed by atoms with Gasteiger partial charge in [-0.1, -0.05) is 23.4 Å². The minimum Gasteiger partial charge on any atom is -0.220 e. The van der Waals surface area contributed by atoms with Crippen molar-refractivity contribution in [2.45, 2.75) is 6.92 Å². The van der Waals surface area contributed by atoms with Gasteiger partial charge in [-0.25, -0.2) is 4.68 Å². The molecule has 0 aliphatic rings. The summed E-state index contributed by atoms with van der Waals surface area (Å²) in [5.41, 5.74) is 2.22. The summed E-state index contributed by atoms with van der Waals surface area (Å²) >= 11 is 0. The Balaban J connectivity index is 2.55. The van der Waals surface area contributed by atoms with Crippen LogP contribution >= 0.6 is 0 Å². The zero-order chi connectivity index (χ0) is 8.39. The molecule has 2 rings (SSSR count). The summed E-state index contributed by atoms with van der Waals surface area (Å²) in [6.45, 7) is 2.04. The van der Waals surface area contributed by atoms with Crippen molar-refractivity contribution in [3.05, 3.63) is 42.2 Å². The molecule has 1 radical (unpaired) electrons. The van der Waals surface area contributed by atoms with Gasteiger partial charge in [-0.05, 0) is 18.6 Å². The number of nitrogens with zero attached hydrogens (tertiary/aromatic N) is 3. The van der Waals surface area contributed by atoms with E-state index in [0.29, 0.717) is 0 Å². The van der Waals surface area contributed by atoms with E-state index < -0.39 is 0 Å². The van der Waals surface area contributed by atoms with Crippen LogP contribution in [0.25, 0.3) is 5.69 Å². The smallest absolute Gasteiger partial charge is 0.135 e. The first kappa shape index (κ1) is 7.03. The third-order valence-corrected chi connectivity index (χ3v) is 1.74. The third-order valence-electron chi connectivity index (χ3n) is 1.74. The van der Waals surface area contributed by atoms with Crippen LogP contribution in [0.1, 0.15) is 5.56 Å². The Labute approximate surface area is 70.6 Å². The van der Waals surface area contributed by atoms with Crippen LogP contribution in [-0.2, 0) is 0 Å². The van der Waals surface area contributed by atoms with Crippen LogP contribution in [0.2, 0.25) is 0 Å². The number of benzene rings is 1. The molecule has 3 heteroatoms. The molecule has 12 heavy (non-hydrogen) atoms. The first-order valence-corrected chi connectivity index (χ1v) is 3.72. The maximum absolute atomic E-state index is 3.86. The highest BCUT2D eigenvalue weighted by Gasteiger charge is 1.98. The third kappa shape index (κ3) is 1.09. The number of hydrogen-bond donors (Lipinski definition) is 0. The molecule has 1 aromatic carbocycles. The Morgan fingerprint density at radius 3 is 2.83 bits per heavy atom. The molecule has 1 heterocycles. The lowest BCUT2D eigenvalue weighted by molar-refractivity contribution is 0.798. The van der Waals surface area contributed by atoms with Crippen molar-refractivity contribution in [1.82, 2.24) is 15.0 Å². The first-order chi connectivity index (χ1) is 5.88. The molecule has 2 aromatic rings. The highest BCUT2D eigenvalue weighted by molar-refractivity contribution is 5.38. The summed E-state index contributed by atoms with van der Waals surface area (Å²) in [7, 11) is 0. The second-order valence-corrected chi connectivity index (χ2v) is 2.58. The van der Waals surface area contributed by atoms with Gasteiger partial charge in [0.1, 0.15) is 6.20 Å². The highest BCUT2D eigenvalue weighted by atomic mass is 15.4. The molecule has 0 aliphatic heterocycles. The van der Waals surface area contributed by atoms with E-state index in [0.717, 1.165) is 5.69 Å². The van der Waals surface area contributed by atoms with Crippen LogP contribution in [0.15, 0.2) is 30.5 Å². The average molecular weight is 158 g/mol. The van der Waals surface area contributed by atoms with E-state index in [1.807, 2.05) is 31.2 Å². The maximum atomic E-state index is 3.86. The van der Waals surface area contributed by atoms with Gasteiger partial charge < -0.3 is 0 Å². The van der Waals surface area contributed by atoms with Gasteiger partial charge in [-0.3, -0.25) is 0 Å². The zero-order valence-corrected chi connectivity index (χ0v) is 6.73. The number of rotatable bonds is 1. The van der Waals surface area contributed by atoms with Crippen molar-refractivity contribution in [2.24, 2.45) is 0 Å². The lowest BCUT2D eigenvalue weighted by Gasteiger charge is -2.02. The average Bonchev–Trinajstić information content (AvgIpc) is 2.57. The zero-order valence-electron chi connectivity index (χ0n) is 6.73. The topological polar surface area (TPSA) is 30.7 Å². The quantitative estimate of drug-likeness (QED) is 0.627. The molecule has 0 unspecified atom stereocenters. The molecular formula is C9H8N3. The fourth-order valence-corrected chi connectivity index (χ4v) is 1.12. The lowest BCUT2D eigenvalue weighted by Crippen LogP contribution is -1.96. The van der Waals surface area contributed by atoms with Gasteiger partial charge in [-0.2, -0.15) is 0 Å². The van der Waals surface area contributed by atoms with E-state index in [9.17, 15) is 0 Å². The summed E-state index contributed by atoms with van der Waals surface area (Å²) in [6.07, 6.45) is 4.37. The van der Waals surface area contributed by atoms with Crippen molar-refractivity contribution >= 4 is 0 Å². The van der Waals surface area contributed by atoms with Gasteiger partial charge in [0.25, 0.3) is 0 Å². The van der Waals surface area contributed by atoms with E-state index in [4.69, 9.17) is 0 Å². The van der Waals surface area contributed by atoms with Crippen LogP contribution < -0.4 is 0 Å². The number of para-hydroxylation sites is 1. The van der Waals surface area contributed by atoms with E-state index in [2.05, 4.69) is 16.5 Å². The van der Waals surface area contributed by atoms with Crippen molar-refractivity contribution in [2.75, 3.05) is 0 Å². The van der Waals surface area contributed by atoms with Crippen molar-refractivity contribution in [3.63, 3.8) is 0 Å². The number of aryl methyl sites for hydroxylation is 1. The summed E-state index contributed by atoms with van der Waals surface area (Å²) < 4.78 is 1.70. The fourth-order valence-electron chi connectivity index (χ4n) is 1.12. The molecule has 0 fully saturated rings. The van der Waals surface area contributed by atoms with Gasteiger partial charge in [-0.15, -0.1) is 5.10 Å². The minimum atomic E-state index is 1.05. The number of hydrogen-bond acceptors (Lipinski definition) is 2. The van der Waals surface area contributed by atoms with Crippen LogP contribution in [0.3, 0.4) is 0 Å². The SMILES string of the molecule is Cc1ccccc1-n1c[c]nn1. The highest BCUT2D eigenvalue weighted by Crippen LogP contribution is 2.10. The second kappa shape index (κ2) is 2.77. The number of aromatic nitrogens is 3. The van der Waals surface area contributed by atoms with Crippen molar-refractivity contribution in [3.8, 4) is 5.69 Å². The molecule has 1 aromatic heterocycles.